The van der Waals surface area contributed by atoms with E-state index < -0.39 is 0 Å². The van der Waals surface area contributed by atoms with E-state index in [1.54, 1.807) is 24.3 Å². The molecule has 3 rings (SSSR count). The third kappa shape index (κ3) is 2.52. The van der Waals surface area contributed by atoms with Gasteiger partial charge in [-0.3, -0.25) is 4.79 Å². The molecule has 0 spiro atoms. The van der Waals surface area contributed by atoms with Gasteiger partial charge in [-0.2, -0.15) is 5.26 Å². The number of amides is 1. The summed E-state index contributed by atoms with van der Waals surface area (Å²) in [4.78, 5) is 12.5. The van der Waals surface area contributed by atoms with Gasteiger partial charge in [0.05, 0.1) is 16.3 Å². The number of fused-ring (bicyclic) bond motifs is 1. The average Bonchev–Trinajstić information content (AvgIpc) is 2.54. The lowest BCUT2D eigenvalue weighted by Crippen LogP contribution is -2.13. The van der Waals surface area contributed by atoms with Gasteiger partial charge in [0.25, 0.3) is 5.91 Å². The first-order valence-corrected chi connectivity index (χ1v) is 7.06. The van der Waals surface area contributed by atoms with Crippen molar-refractivity contribution in [3.05, 3.63) is 76.8 Å². The van der Waals surface area contributed by atoms with Crippen LogP contribution in [0.3, 0.4) is 0 Å². The second-order valence-electron chi connectivity index (χ2n) is 4.76. The molecule has 3 aromatic rings. The third-order valence-corrected chi connectivity index (χ3v) is 3.72. The number of hydrogen-bond donors (Lipinski definition) is 1. The van der Waals surface area contributed by atoms with Gasteiger partial charge < -0.3 is 5.32 Å². The minimum absolute atomic E-state index is 0.262. The molecule has 0 unspecified atom stereocenters. The predicted molar refractivity (Wildman–Crippen MR) is 88.1 cm³/mol. The fraction of sp³-hybridized carbons (Fsp3) is 0. The first-order valence-electron chi connectivity index (χ1n) is 6.68. The average molecular weight is 307 g/mol. The molecule has 4 heteroatoms. The summed E-state index contributed by atoms with van der Waals surface area (Å²) in [6.45, 7) is 0. The minimum Gasteiger partial charge on any atom is -0.321 e. The number of rotatable bonds is 2. The van der Waals surface area contributed by atoms with Crippen molar-refractivity contribution in [1.29, 1.82) is 5.26 Å². The normalized spacial score (nSPS) is 10.2. The van der Waals surface area contributed by atoms with E-state index in [9.17, 15) is 4.79 Å². The van der Waals surface area contributed by atoms with Gasteiger partial charge in [-0.15, -0.1) is 0 Å². The van der Waals surface area contributed by atoms with Crippen LogP contribution in [-0.2, 0) is 0 Å². The highest BCUT2D eigenvalue weighted by atomic mass is 35.5. The van der Waals surface area contributed by atoms with E-state index in [-0.39, 0.29) is 11.5 Å². The standard InChI is InChI=1S/C18H11ClN2O/c19-16-9-4-10-17(15(16)11-20)21-18(22)14-8-3-6-12-5-1-2-7-13(12)14/h1-10H,(H,21,22). The topological polar surface area (TPSA) is 52.9 Å². The van der Waals surface area contributed by atoms with Gasteiger partial charge >= 0.3 is 0 Å². The van der Waals surface area contributed by atoms with E-state index in [1.165, 1.54) is 0 Å². The molecular weight excluding hydrogens is 296 g/mol. The molecular formula is C18H11ClN2O. The Bertz CT molecular complexity index is 907. The van der Waals surface area contributed by atoms with E-state index in [1.807, 2.05) is 42.5 Å². The summed E-state index contributed by atoms with van der Waals surface area (Å²) in [7, 11) is 0. The summed E-state index contributed by atoms with van der Waals surface area (Å²) in [5.41, 5.74) is 1.23. The molecule has 0 saturated heterocycles. The number of nitriles is 1. The fourth-order valence-electron chi connectivity index (χ4n) is 2.35. The van der Waals surface area contributed by atoms with Crippen LogP contribution < -0.4 is 5.32 Å². The van der Waals surface area contributed by atoms with Gasteiger partial charge in [0.15, 0.2) is 0 Å². The molecule has 1 amide bonds. The third-order valence-electron chi connectivity index (χ3n) is 3.41. The van der Waals surface area contributed by atoms with Gasteiger partial charge in [-0.1, -0.05) is 54.1 Å². The molecule has 3 nitrogen and oxygen atoms in total. The number of carbonyl (C=O) groups excluding carboxylic acids is 1. The Kier molecular flexibility index (Phi) is 3.78. The second-order valence-corrected chi connectivity index (χ2v) is 5.16. The molecule has 0 aliphatic rings. The number of anilines is 1. The lowest BCUT2D eigenvalue weighted by Gasteiger charge is -2.10. The molecule has 106 valence electrons. The van der Waals surface area contributed by atoms with Crippen LogP contribution in [0.2, 0.25) is 5.02 Å². The molecule has 1 N–H and O–H groups in total. The Balaban J connectivity index is 2.02. The van der Waals surface area contributed by atoms with Crippen molar-refractivity contribution in [1.82, 2.24) is 0 Å². The van der Waals surface area contributed by atoms with Crippen molar-refractivity contribution < 1.29 is 4.79 Å². The van der Waals surface area contributed by atoms with Crippen LogP contribution in [0.15, 0.2) is 60.7 Å². The molecule has 0 fully saturated rings. The first-order chi connectivity index (χ1) is 10.7. The molecule has 0 aliphatic heterocycles. The summed E-state index contributed by atoms with van der Waals surface area (Å²) in [5, 5.41) is 14.1. The van der Waals surface area contributed by atoms with E-state index in [0.717, 1.165) is 10.8 Å². The van der Waals surface area contributed by atoms with Crippen LogP contribution in [0.25, 0.3) is 10.8 Å². The summed E-state index contributed by atoms with van der Waals surface area (Å²) < 4.78 is 0. The van der Waals surface area contributed by atoms with Gasteiger partial charge in [0, 0.05) is 5.56 Å². The molecule has 0 bridgehead atoms. The molecule has 0 heterocycles. The number of benzene rings is 3. The van der Waals surface area contributed by atoms with Crippen molar-refractivity contribution in [2.24, 2.45) is 0 Å². The Hall–Kier alpha value is -2.83. The van der Waals surface area contributed by atoms with E-state index >= 15 is 0 Å². The number of halogens is 1. The van der Waals surface area contributed by atoms with Gasteiger partial charge in [-0.05, 0) is 29.0 Å². The van der Waals surface area contributed by atoms with Crippen LogP contribution in [0.4, 0.5) is 5.69 Å². The van der Waals surface area contributed by atoms with Crippen molar-refractivity contribution in [2.75, 3.05) is 5.32 Å². The van der Waals surface area contributed by atoms with Crippen LogP contribution in [0.1, 0.15) is 15.9 Å². The quantitative estimate of drug-likeness (QED) is 0.751. The summed E-state index contributed by atoms with van der Waals surface area (Å²) in [6.07, 6.45) is 0. The van der Waals surface area contributed by atoms with Crippen molar-refractivity contribution >= 4 is 34.0 Å². The zero-order valence-electron chi connectivity index (χ0n) is 11.5. The maximum Gasteiger partial charge on any atom is 0.256 e. The molecule has 0 aliphatic carbocycles. The number of nitrogens with zero attached hydrogens (tertiary/aromatic N) is 1. The molecule has 3 aromatic carbocycles. The van der Waals surface area contributed by atoms with E-state index in [2.05, 4.69) is 5.32 Å². The summed E-state index contributed by atoms with van der Waals surface area (Å²) >= 11 is 5.98. The molecule has 22 heavy (non-hydrogen) atoms. The molecule has 0 atom stereocenters. The maximum absolute atomic E-state index is 12.5. The van der Waals surface area contributed by atoms with Crippen LogP contribution in [0, 0.1) is 11.3 Å². The zero-order chi connectivity index (χ0) is 15.5. The fourth-order valence-corrected chi connectivity index (χ4v) is 2.57. The monoisotopic (exact) mass is 306 g/mol. The van der Waals surface area contributed by atoms with Crippen LogP contribution in [0.5, 0.6) is 0 Å². The second kappa shape index (κ2) is 5.88. The minimum atomic E-state index is -0.268. The first kappa shape index (κ1) is 14.1. The highest BCUT2D eigenvalue weighted by molar-refractivity contribution is 6.32. The maximum atomic E-state index is 12.5. The van der Waals surface area contributed by atoms with Gasteiger partial charge in [0.2, 0.25) is 0 Å². The summed E-state index contributed by atoms with van der Waals surface area (Å²) in [6, 6.07) is 20.2. The largest absolute Gasteiger partial charge is 0.321 e. The molecule has 0 saturated carbocycles. The molecule has 0 aromatic heterocycles. The number of carbonyl (C=O) groups is 1. The zero-order valence-corrected chi connectivity index (χ0v) is 12.3. The van der Waals surface area contributed by atoms with Crippen LogP contribution in [-0.4, -0.2) is 5.91 Å². The molecule has 0 radical (unpaired) electrons. The smallest absolute Gasteiger partial charge is 0.256 e. The highest BCUT2D eigenvalue weighted by Gasteiger charge is 2.13. The highest BCUT2D eigenvalue weighted by Crippen LogP contribution is 2.25. The van der Waals surface area contributed by atoms with Gasteiger partial charge in [0.1, 0.15) is 6.07 Å². The number of hydrogen-bond acceptors (Lipinski definition) is 2. The van der Waals surface area contributed by atoms with Crippen molar-refractivity contribution in [3.8, 4) is 6.07 Å². The van der Waals surface area contributed by atoms with Crippen molar-refractivity contribution in [3.63, 3.8) is 0 Å². The Labute approximate surface area is 132 Å². The number of nitrogens with one attached hydrogen (secondary N) is 1. The summed E-state index contributed by atoms with van der Waals surface area (Å²) in [5.74, 6) is -0.268. The van der Waals surface area contributed by atoms with E-state index in [4.69, 9.17) is 16.9 Å². The van der Waals surface area contributed by atoms with E-state index in [0.29, 0.717) is 16.3 Å². The van der Waals surface area contributed by atoms with Gasteiger partial charge in [-0.25, -0.2) is 0 Å². The van der Waals surface area contributed by atoms with Crippen molar-refractivity contribution in [2.45, 2.75) is 0 Å². The predicted octanol–water partition coefficient (Wildman–Crippen LogP) is 4.62. The lowest BCUT2D eigenvalue weighted by atomic mass is 10.0. The lowest BCUT2D eigenvalue weighted by molar-refractivity contribution is 0.102. The Morgan fingerprint density at radius 3 is 2.55 bits per heavy atom. The van der Waals surface area contributed by atoms with Crippen LogP contribution >= 0.6 is 11.6 Å². The Morgan fingerprint density at radius 2 is 1.73 bits per heavy atom. The SMILES string of the molecule is N#Cc1c(Cl)cccc1NC(=O)c1cccc2ccccc12. The Morgan fingerprint density at radius 1 is 1.00 bits per heavy atom.